The van der Waals surface area contributed by atoms with Gasteiger partial charge >= 0.3 is 0 Å². The Morgan fingerprint density at radius 2 is 2.00 bits per heavy atom. The summed E-state index contributed by atoms with van der Waals surface area (Å²) in [5.74, 6) is 0.128. The summed E-state index contributed by atoms with van der Waals surface area (Å²) in [6, 6.07) is 8.33. The molecule has 5 nitrogen and oxygen atoms in total. The first kappa shape index (κ1) is 14.6. The summed E-state index contributed by atoms with van der Waals surface area (Å²) in [6.07, 6.45) is 5.01. The van der Waals surface area contributed by atoms with Crippen molar-refractivity contribution in [1.82, 2.24) is 9.78 Å². The highest BCUT2D eigenvalue weighted by atomic mass is 16.2. The van der Waals surface area contributed by atoms with E-state index in [9.17, 15) is 4.79 Å². The lowest BCUT2D eigenvalue weighted by atomic mass is 10.1. The van der Waals surface area contributed by atoms with Crippen molar-refractivity contribution in [3.8, 4) is 0 Å². The smallest absolute Gasteiger partial charge is 0.231 e. The Morgan fingerprint density at radius 3 is 2.68 bits per heavy atom. The van der Waals surface area contributed by atoms with Crippen LogP contribution in [0.3, 0.4) is 0 Å². The standard InChI is InChI=1S/C17H22N4O/c1-13-8-9-19(2)15-6-4-5-7-16(15)21(13)17(22)10-14-11-18-20(3)12-14/h4-7,11-13H,8-10H2,1-3H3. The molecule has 1 aromatic heterocycles. The average molecular weight is 298 g/mol. The third kappa shape index (κ3) is 2.71. The summed E-state index contributed by atoms with van der Waals surface area (Å²) in [7, 11) is 3.95. The predicted octanol–water partition coefficient (Wildman–Crippen LogP) is 2.22. The third-order valence-electron chi connectivity index (χ3n) is 4.26. The number of fused-ring (bicyclic) bond motifs is 1. The Kier molecular flexibility index (Phi) is 3.88. The number of hydrogen-bond donors (Lipinski definition) is 0. The van der Waals surface area contributed by atoms with E-state index in [1.54, 1.807) is 10.9 Å². The number of hydrogen-bond acceptors (Lipinski definition) is 3. The Bertz CT molecular complexity index is 679. The van der Waals surface area contributed by atoms with Crippen LogP contribution in [0.5, 0.6) is 0 Å². The maximum Gasteiger partial charge on any atom is 0.231 e. The average Bonchev–Trinajstić information content (AvgIpc) is 2.85. The second-order valence-electron chi connectivity index (χ2n) is 6.01. The molecule has 1 unspecified atom stereocenters. The van der Waals surface area contributed by atoms with E-state index in [0.29, 0.717) is 6.42 Å². The normalized spacial score (nSPS) is 18.0. The van der Waals surface area contributed by atoms with Gasteiger partial charge in [0.15, 0.2) is 0 Å². The second-order valence-corrected chi connectivity index (χ2v) is 6.01. The maximum absolute atomic E-state index is 12.9. The molecule has 3 rings (SSSR count). The van der Waals surface area contributed by atoms with Crippen molar-refractivity contribution in [1.29, 1.82) is 0 Å². The van der Waals surface area contributed by atoms with Crippen LogP contribution < -0.4 is 9.80 Å². The molecule has 0 fully saturated rings. The van der Waals surface area contributed by atoms with Crippen LogP contribution in [0.2, 0.25) is 0 Å². The molecule has 22 heavy (non-hydrogen) atoms. The quantitative estimate of drug-likeness (QED) is 0.853. The molecule has 1 aliphatic heterocycles. The summed E-state index contributed by atoms with van der Waals surface area (Å²) in [5, 5.41) is 4.15. The van der Waals surface area contributed by atoms with Crippen LogP contribution in [-0.2, 0) is 18.3 Å². The molecule has 1 amide bonds. The van der Waals surface area contributed by atoms with E-state index < -0.39 is 0 Å². The molecule has 0 aliphatic carbocycles. The molecular formula is C17H22N4O. The highest BCUT2D eigenvalue weighted by Crippen LogP contribution is 2.34. The molecule has 0 radical (unpaired) electrons. The first-order valence-corrected chi connectivity index (χ1v) is 7.66. The van der Waals surface area contributed by atoms with E-state index in [2.05, 4.69) is 30.0 Å². The number of amides is 1. The topological polar surface area (TPSA) is 41.4 Å². The first-order chi connectivity index (χ1) is 10.6. The minimum Gasteiger partial charge on any atom is -0.373 e. The van der Waals surface area contributed by atoms with Crippen molar-refractivity contribution in [3.63, 3.8) is 0 Å². The number of anilines is 2. The van der Waals surface area contributed by atoms with Crippen LogP contribution in [0.4, 0.5) is 11.4 Å². The molecule has 116 valence electrons. The van der Waals surface area contributed by atoms with Gasteiger partial charge in [-0.25, -0.2) is 0 Å². The van der Waals surface area contributed by atoms with Crippen molar-refractivity contribution in [2.24, 2.45) is 7.05 Å². The maximum atomic E-state index is 12.9. The molecule has 2 aromatic rings. The van der Waals surface area contributed by atoms with E-state index in [1.165, 1.54) is 0 Å². The highest BCUT2D eigenvalue weighted by Gasteiger charge is 2.28. The van der Waals surface area contributed by atoms with Crippen LogP contribution in [0, 0.1) is 0 Å². The van der Waals surface area contributed by atoms with Gasteiger partial charge in [-0.05, 0) is 31.0 Å². The number of carbonyl (C=O) groups excluding carboxylic acids is 1. The molecule has 0 saturated carbocycles. The molecule has 0 spiro atoms. The zero-order valence-electron chi connectivity index (χ0n) is 13.4. The van der Waals surface area contributed by atoms with Crippen LogP contribution in [-0.4, -0.2) is 35.3 Å². The van der Waals surface area contributed by atoms with Gasteiger partial charge in [-0.2, -0.15) is 5.10 Å². The molecule has 2 heterocycles. The molecular weight excluding hydrogens is 276 g/mol. The summed E-state index contributed by atoms with van der Waals surface area (Å²) in [5.41, 5.74) is 3.07. The van der Waals surface area contributed by atoms with Crippen LogP contribution in [0.1, 0.15) is 18.9 Å². The van der Waals surface area contributed by atoms with E-state index in [0.717, 1.165) is 29.9 Å². The van der Waals surface area contributed by atoms with Gasteiger partial charge in [-0.1, -0.05) is 12.1 Å². The molecule has 5 heteroatoms. The number of rotatable bonds is 2. The van der Waals surface area contributed by atoms with Gasteiger partial charge in [0.1, 0.15) is 0 Å². The van der Waals surface area contributed by atoms with E-state index in [4.69, 9.17) is 0 Å². The summed E-state index contributed by atoms with van der Waals surface area (Å²) in [6.45, 7) is 3.08. The molecule has 0 bridgehead atoms. The van der Waals surface area contributed by atoms with Crippen molar-refractivity contribution < 1.29 is 4.79 Å². The number of benzene rings is 1. The zero-order chi connectivity index (χ0) is 15.7. The molecule has 1 aromatic carbocycles. The molecule has 0 N–H and O–H groups in total. The lowest BCUT2D eigenvalue weighted by Gasteiger charge is -2.28. The summed E-state index contributed by atoms with van der Waals surface area (Å²) >= 11 is 0. The Balaban J connectivity index is 1.93. The zero-order valence-corrected chi connectivity index (χ0v) is 13.4. The van der Waals surface area contributed by atoms with Crippen LogP contribution in [0.15, 0.2) is 36.7 Å². The Morgan fingerprint density at radius 1 is 1.27 bits per heavy atom. The minimum atomic E-state index is 0.128. The fourth-order valence-electron chi connectivity index (χ4n) is 3.06. The number of carbonyl (C=O) groups is 1. The monoisotopic (exact) mass is 298 g/mol. The Labute approximate surface area is 131 Å². The SMILES string of the molecule is CC1CCN(C)c2ccccc2N1C(=O)Cc1cnn(C)c1. The lowest BCUT2D eigenvalue weighted by Crippen LogP contribution is -2.39. The van der Waals surface area contributed by atoms with E-state index in [-0.39, 0.29) is 11.9 Å². The number of aromatic nitrogens is 2. The van der Waals surface area contributed by atoms with Crippen molar-refractivity contribution >= 4 is 17.3 Å². The van der Waals surface area contributed by atoms with E-state index >= 15 is 0 Å². The van der Waals surface area contributed by atoms with Gasteiger partial charge in [0.25, 0.3) is 0 Å². The largest absolute Gasteiger partial charge is 0.373 e. The van der Waals surface area contributed by atoms with Crippen molar-refractivity contribution in [2.45, 2.75) is 25.8 Å². The van der Waals surface area contributed by atoms with Gasteiger partial charge in [-0.3, -0.25) is 9.48 Å². The number of para-hydroxylation sites is 2. The lowest BCUT2D eigenvalue weighted by molar-refractivity contribution is -0.118. The van der Waals surface area contributed by atoms with Gasteiger partial charge < -0.3 is 9.80 Å². The van der Waals surface area contributed by atoms with Crippen molar-refractivity contribution in [2.75, 3.05) is 23.4 Å². The van der Waals surface area contributed by atoms with Gasteiger partial charge in [0.2, 0.25) is 5.91 Å². The fourth-order valence-corrected chi connectivity index (χ4v) is 3.06. The number of nitrogens with zero attached hydrogens (tertiary/aromatic N) is 4. The number of aryl methyl sites for hydroxylation is 1. The predicted molar refractivity (Wildman–Crippen MR) is 88.2 cm³/mol. The van der Waals surface area contributed by atoms with Gasteiger partial charge in [-0.15, -0.1) is 0 Å². The molecule has 0 saturated heterocycles. The highest BCUT2D eigenvalue weighted by molar-refractivity contribution is 5.98. The van der Waals surface area contributed by atoms with Crippen molar-refractivity contribution in [3.05, 3.63) is 42.2 Å². The second kappa shape index (κ2) is 5.83. The van der Waals surface area contributed by atoms with E-state index in [1.807, 2.05) is 36.3 Å². The van der Waals surface area contributed by atoms with Crippen LogP contribution >= 0.6 is 0 Å². The molecule has 1 aliphatic rings. The molecule has 1 atom stereocenters. The summed E-state index contributed by atoms with van der Waals surface area (Å²) < 4.78 is 1.73. The van der Waals surface area contributed by atoms with Crippen LogP contribution in [0.25, 0.3) is 0 Å². The summed E-state index contributed by atoms with van der Waals surface area (Å²) in [4.78, 5) is 17.1. The fraction of sp³-hybridized carbons (Fsp3) is 0.412. The van der Waals surface area contributed by atoms with Gasteiger partial charge in [0.05, 0.1) is 24.0 Å². The third-order valence-corrected chi connectivity index (χ3v) is 4.26. The minimum absolute atomic E-state index is 0.128. The first-order valence-electron chi connectivity index (χ1n) is 7.66. The Hall–Kier alpha value is -2.30. The van der Waals surface area contributed by atoms with Gasteiger partial charge in [0, 0.05) is 32.9 Å².